The highest BCUT2D eigenvalue weighted by atomic mass is 16.1. The van der Waals surface area contributed by atoms with E-state index in [9.17, 15) is 4.79 Å². The van der Waals surface area contributed by atoms with E-state index in [1.54, 1.807) is 6.07 Å². The number of aromatic nitrogens is 1. The van der Waals surface area contributed by atoms with Gasteiger partial charge in [-0.3, -0.25) is 9.78 Å². The topological polar surface area (TPSA) is 65.8 Å². The van der Waals surface area contributed by atoms with Gasteiger partial charge in [0.05, 0.1) is 11.1 Å². The molecule has 0 radical (unpaired) electrons. The SMILES string of the molecule is N#Cc1ccncc1C(=O)NC1CCCCCC1. The van der Waals surface area contributed by atoms with Crippen molar-refractivity contribution < 1.29 is 4.79 Å². The summed E-state index contributed by atoms with van der Waals surface area (Å²) in [6.45, 7) is 0. The molecule has 1 N–H and O–H groups in total. The van der Waals surface area contributed by atoms with Crippen molar-refractivity contribution in [1.82, 2.24) is 10.3 Å². The van der Waals surface area contributed by atoms with E-state index < -0.39 is 0 Å². The van der Waals surface area contributed by atoms with Gasteiger partial charge in [0.25, 0.3) is 5.91 Å². The van der Waals surface area contributed by atoms with Crippen LogP contribution < -0.4 is 5.32 Å². The fraction of sp³-hybridized carbons (Fsp3) is 0.500. The second-order valence-corrected chi connectivity index (χ2v) is 4.70. The molecule has 0 saturated heterocycles. The minimum absolute atomic E-state index is 0.174. The third-order valence-corrected chi connectivity index (χ3v) is 3.38. The molecule has 0 aromatic carbocycles. The normalized spacial score (nSPS) is 16.6. The number of carbonyl (C=O) groups is 1. The monoisotopic (exact) mass is 243 g/mol. The lowest BCUT2D eigenvalue weighted by molar-refractivity contribution is 0.0932. The van der Waals surface area contributed by atoms with Crippen molar-refractivity contribution >= 4 is 5.91 Å². The molecule has 94 valence electrons. The molecular weight excluding hydrogens is 226 g/mol. The minimum atomic E-state index is -0.174. The van der Waals surface area contributed by atoms with Crippen LogP contribution in [-0.4, -0.2) is 16.9 Å². The maximum atomic E-state index is 12.1. The van der Waals surface area contributed by atoms with Crippen molar-refractivity contribution in [2.45, 2.75) is 44.6 Å². The van der Waals surface area contributed by atoms with E-state index in [0.29, 0.717) is 11.1 Å². The second-order valence-electron chi connectivity index (χ2n) is 4.70. The molecule has 1 heterocycles. The summed E-state index contributed by atoms with van der Waals surface area (Å²) in [5.41, 5.74) is 0.764. The molecule has 0 spiro atoms. The van der Waals surface area contributed by atoms with Gasteiger partial charge in [0.15, 0.2) is 0 Å². The molecule has 0 aliphatic heterocycles. The maximum Gasteiger partial charge on any atom is 0.254 e. The summed E-state index contributed by atoms with van der Waals surface area (Å²) in [5.74, 6) is -0.174. The van der Waals surface area contributed by atoms with Crippen LogP contribution in [0.25, 0.3) is 0 Å². The molecule has 4 heteroatoms. The predicted molar refractivity (Wildman–Crippen MR) is 67.9 cm³/mol. The Kier molecular flexibility index (Phi) is 4.30. The smallest absolute Gasteiger partial charge is 0.254 e. The molecule has 1 aromatic heterocycles. The molecule has 2 rings (SSSR count). The highest BCUT2D eigenvalue weighted by molar-refractivity contribution is 5.96. The summed E-state index contributed by atoms with van der Waals surface area (Å²) in [5, 5.41) is 12.0. The molecular formula is C14H17N3O. The summed E-state index contributed by atoms with van der Waals surface area (Å²) < 4.78 is 0. The molecule has 1 aromatic rings. The Labute approximate surface area is 107 Å². The molecule has 1 amide bonds. The number of nitriles is 1. The Morgan fingerprint density at radius 1 is 1.33 bits per heavy atom. The first-order chi connectivity index (χ1) is 8.81. The van der Waals surface area contributed by atoms with Crippen molar-refractivity contribution in [3.8, 4) is 6.07 Å². The highest BCUT2D eigenvalue weighted by Gasteiger charge is 2.17. The van der Waals surface area contributed by atoms with Gasteiger partial charge < -0.3 is 5.32 Å². The quantitative estimate of drug-likeness (QED) is 0.811. The van der Waals surface area contributed by atoms with Crippen molar-refractivity contribution in [3.05, 3.63) is 29.6 Å². The van der Waals surface area contributed by atoms with Gasteiger partial charge in [-0.05, 0) is 18.9 Å². The lowest BCUT2D eigenvalue weighted by atomic mass is 10.1. The first kappa shape index (κ1) is 12.6. The third-order valence-electron chi connectivity index (χ3n) is 3.38. The molecule has 4 nitrogen and oxygen atoms in total. The molecule has 18 heavy (non-hydrogen) atoms. The second kappa shape index (κ2) is 6.15. The summed E-state index contributed by atoms with van der Waals surface area (Å²) in [6, 6.07) is 3.84. The van der Waals surface area contributed by atoms with Crippen LogP contribution in [0.5, 0.6) is 0 Å². The molecule has 0 atom stereocenters. The van der Waals surface area contributed by atoms with Gasteiger partial charge in [0.2, 0.25) is 0 Å². The average molecular weight is 243 g/mol. The van der Waals surface area contributed by atoms with Crippen molar-refractivity contribution in [3.63, 3.8) is 0 Å². The van der Waals surface area contributed by atoms with E-state index in [-0.39, 0.29) is 11.9 Å². The first-order valence-electron chi connectivity index (χ1n) is 6.46. The van der Waals surface area contributed by atoms with E-state index in [2.05, 4.69) is 10.3 Å². The number of nitrogens with one attached hydrogen (secondary N) is 1. The van der Waals surface area contributed by atoms with Crippen LogP contribution >= 0.6 is 0 Å². The number of carbonyl (C=O) groups excluding carboxylic acids is 1. The summed E-state index contributed by atoms with van der Waals surface area (Å²) in [4.78, 5) is 16.0. The molecule has 1 fully saturated rings. The van der Waals surface area contributed by atoms with Crippen LogP contribution in [0.1, 0.15) is 54.4 Å². The van der Waals surface area contributed by atoms with Gasteiger partial charge >= 0.3 is 0 Å². The fourth-order valence-corrected chi connectivity index (χ4v) is 2.36. The zero-order chi connectivity index (χ0) is 12.8. The van der Waals surface area contributed by atoms with E-state index >= 15 is 0 Å². The van der Waals surface area contributed by atoms with Crippen LogP contribution in [-0.2, 0) is 0 Å². The fourth-order valence-electron chi connectivity index (χ4n) is 2.36. The highest BCUT2D eigenvalue weighted by Crippen LogP contribution is 2.18. The van der Waals surface area contributed by atoms with Gasteiger partial charge in [-0.2, -0.15) is 5.26 Å². The lowest BCUT2D eigenvalue weighted by Crippen LogP contribution is -2.34. The van der Waals surface area contributed by atoms with Gasteiger partial charge in [0, 0.05) is 18.4 Å². The molecule has 1 saturated carbocycles. The Morgan fingerprint density at radius 3 is 2.72 bits per heavy atom. The Hall–Kier alpha value is -1.89. The Morgan fingerprint density at radius 2 is 2.06 bits per heavy atom. The van der Waals surface area contributed by atoms with Crippen molar-refractivity contribution in [1.29, 1.82) is 5.26 Å². The van der Waals surface area contributed by atoms with E-state index in [0.717, 1.165) is 12.8 Å². The number of amides is 1. The van der Waals surface area contributed by atoms with Crippen LogP contribution in [0.4, 0.5) is 0 Å². The Bertz CT molecular complexity index is 456. The summed E-state index contributed by atoms with van der Waals surface area (Å²) in [7, 11) is 0. The molecule has 1 aliphatic carbocycles. The van der Waals surface area contributed by atoms with Gasteiger partial charge in [-0.15, -0.1) is 0 Å². The summed E-state index contributed by atoms with van der Waals surface area (Å²) in [6.07, 6.45) is 9.91. The number of rotatable bonds is 2. The number of hydrogen-bond donors (Lipinski definition) is 1. The van der Waals surface area contributed by atoms with Crippen molar-refractivity contribution in [2.75, 3.05) is 0 Å². The van der Waals surface area contributed by atoms with Gasteiger partial charge in [-0.1, -0.05) is 25.7 Å². The number of hydrogen-bond acceptors (Lipinski definition) is 3. The predicted octanol–water partition coefficient (Wildman–Crippen LogP) is 2.41. The number of nitrogens with zero attached hydrogens (tertiary/aromatic N) is 2. The van der Waals surface area contributed by atoms with Gasteiger partial charge in [-0.25, -0.2) is 0 Å². The van der Waals surface area contributed by atoms with E-state index in [4.69, 9.17) is 5.26 Å². The standard InChI is InChI=1S/C14H17N3O/c15-9-11-7-8-16-10-13(11)14(18)17-12-5-3-1-2-4-6-12/h7-8,10,12H,1-6H2,(H,17,18). The minimum Gasteiger partial charge on any atom is -0.349 e. The average Bonchev–Trinajstić information content (AvgIpc) is 2.67. The zero-order valence-corrected chi connectivity index (χ0v) is 10.4. The van der Waals surface area contributed by atoms with Crippen LogP contribution in [0.15, 0.2) is 18.5 Å². The third kappa shape index (κ3) is 3.07. The van der Waals surface area contributed by atoms with Crippen molar-refractivity contribution in [2.24, 2.45) is 0 Å². The maximum absolute atomic E-state index is 12.1. The molecule has 0 unspecified atom stereocenters. The number of pyridine rings is 1. The van der Waals surface area contributed by atoms with Crippen LogP contribution in [0, 0.1) is 11.3 Å². The first-order valence-corrected chi connectivity index (χ1v) is 6.46. The Balaban J connectivity index is 2.05. The molecule has 1 aliphatic rings. The van der Waals surface area contributed by atoms with Crippen LogP contribution in [0.3, 0.4) is 0 Å². The van der Waals surface area contributed by atoms with Gasteiger partial charge in [0.1, 0.15) is 6.07 Å². The van der Waals surface area contributed by atoms with Crippen LogP contribution in [0.2, 0.25) is 0 Å². The summed E-state index contributed by atoms with van der Waals surface area (Å²) >= 11 is 0. The zero-order valence-electron chi connectivity index (χ0n) is 10.4. The lowest BCUT2D eigenvalue weighted by Gasteiger charge is -2.16. The largest absolute Gasteiger partial charge is 0.349 e. The molecule has 0 bridgehead atoms. The van der Waals surface area contributed by atoms with E-state index in [1.807, 2.05) is 6.07 Å². The van der Waals surface area contributed by atoms with E-state index in [1.165, 1.54) is 38.1 Å².